The van der Waals surface area contributed by atoms with E-state index in [0.717, 1.165) is 0 Å². The Morgan fingerprint density at radius 3 is 2.58 bits per heavy atom. The van der Waals surface area contributed by atoms with E-state index in [-0.39, 0.29) is 6.61 Å². The molecular formula is C7H14O5. The van der Waals surface area contributed by atoms with Crippen molar-refractivity contribution < 1.29 is 24.8 Å². The Balaban J connectivity index is 2.52. The van der Waals surface area contributed by atoms with Crippen LogP contribution in [-0.4, -0.2) is 53.6 Å². The van der Waals surface area contributed by atoms with E-state index >= 15 is 0 Å². The lowest BCUT2D eigenvalue weighted by Gasteiger charge is -2.16. The lowest BCUT2D eigenvalue weighted by atomic mass is 10.1. The fourth-order valence-electron chi connectivity index (χ4n) is 1.37. The summed E-state index contributed by atoms with van der Waals surface area (Å²) >= 11 is 0. The van der Waals surface area contributed by atoms with Gasteiger partial charge in [0.1, 0.15) is 12.2 Å². The van der Waals surface area contributed by atoms with Gasteiger partial charge in [-0.3, -0.25) is 0 Å². The summed E-state index contributed by atoms with van der Waals surface area (Å²) in [5, 5.41) is 26.9. The molecule has 4 atom stereocenters. The van der Waals surface area contributed by atoms with Crippen LogP contribution in [0, 0.1) is 0 Å². The molecule has 1 heterocycles. The van der Waals surface area contributed by atoms with Gasteiger partial charge in [0, 0.05) is 13.7 Å². The molecule has 1 aliphatic rings. The van der Waals surface area contributed by atoms with Crippen LogP contribution in [0.5, 0.6) is 0 Å². The van der Waals surface area contributed by atoms with Crippen LogP contribution in [-0.2, 0) is 9.47 Å². The van der Waals surface area contributed by atoms with Gasteiger partial charge in [-0.25, -0.2) is 0 Å². The van der Waals surface area contributed by atoms with Gasteiger partial charge < -0.3 is 24.8 Å². The summed E-state index contributed by atoms with van der Waals surface area (Å²) in [5.74, 6) is 0. The molecule has 0 aromatic heterocycles. The Kier molecular flexibility index (Phi) is 3.42. The lowest BCUT2D eigenvalue weighted by Crippen LogP contribution is -2.34. The number of aliphatic hydroxyl groups excluding tert-OH is 3. The number of ether oxygens (including phenoxy) is 2. The molecule has 3 N–H and O–H groups in total. The van der Waals surface area contributed by atoms with E-state index in [1.807, 2.05) is 0 Å². The first kappa shape index (κ1) is 9.88. The molecule has 72 valence electrons. The molecule has 0 saturated carbocycles. The average molecular weight is 178 g/mol. The van der Waals surface area contributed by atoms with Gasteiger partial charge in [0.05, 0.1) is 6.10 Å². The van der Waals surface area contributed by atoms with Crippen LogP contribution in [0.3, 0.4) is 0 Å². The van der Waals surface area contributed by atoms with E-state index in [1.165, 1.54) is 7.11 Å². The minimum absolute atomic E-state index is 0.0516. The van der Waals surface area contributed by atoms with E-state index < -0.39 is 24.6 Å². The highest BCUT2D eigenvalue weighted by atomic mass is 16.7. The predicted octanol–water partition coefficient (Wildman–Crippen LogP) is -1.54. The van der Waals surface area contributed by atoms with E-state index in [1.54, 1.807) is 0 Å². The average Bonchev–Trinajstić information content (AvgIpc) is 2.29. The number of methoxy groups -OCH3 is 1. The summed E-state index contributed by atoms with van der Waals surface area (Å²) in [5.41, 5.74) is 0. The van der Waals surface area contributed by atoms with E-state index in [4.69, 9.17) is 19.7 Å². The Bertz CT molecular complexity index is 140. The SMILES string of the molecule is CO[C@@H]1[C@@H](O)[C@H](O)O[C@@H]1CCO. The zero-order chi connectivity index (χ0) is 9.14. The van der Waals surface area contributed by atoms with Crippen molar-refractivity contribution in [2.24, 2.45) is 0 Å². The fraction of sp³-hybridized carbons (Fsp3) is 1.00. The van der Waals surface area contributed by atoms with Gasteiger partial charge in [-0.15, -0.1) is 0 Å². The van der Waals surface area contributed by atoms with Crippen LogP contribution < -0.4 is 0 Å². The summed E-state index contributed by atoms with van der Waals surface area (Å²) in [6.07, 6.45) is -2.85. The minimum atomic E-state index is -1.20. The molecule has 1 fully saturated rings. The minimum Gasteiger partial charge on any atom is -0.396 e. The number of hydrogen-bond donors (Lipinski definition) is 3. The highest BCUT2D eigenvalue weighted by Crippen LogP contribution is 2.23. The van der Waals surface area contributed by atoms with Crippen LogP contribution in [0.15, 0.2) is 0 Å². The summed E-state index contributed by atoms with van der Waals surface area (Å²) in [6, 6.07) is 0. The van der Waals surface area contributed by atoms with Crippen LogP contribution in [0.1, 0.15) is 6.42 Å². The zero-order valence-corrected chi connectivity index (χ0v) is 6.88. The summed E-state index contributed by atoms with van der Waals surface area (Å²) < 4.78 is 9.85. The smallest absolute Gasteiger partial charge is 0.183 e. The fourth-order valence-corrected chi connectivity index (χ4v) is 1.37. The molecule has 1 saturated heterocycles. The second-order valence-electron chi connectivity index (χ2n) is 2.77. The van der Waals surface area contributed by atoms with Gasteiger partial charge in [-0.05, 0) is 6.42 Å². The van der Waals surface area contributed by atoms with Crippen molar-refractivity contribution in [3.63, 3.8) is 0 Å². The third-order valence-corrected chi connectivity index (χ3v) is 2.00. The molecule has 0 amide bonds. The highest BCUT2D eigenvalue weighted by molar-refractivity contribution is 4.86. The van der Waals surface area contributed by atoms with Gasteiger partial charge in [0.2, 0.25) is 0 Å². The first-order valence-electron chi connectivity index (χ1n) is 3.86. The van der Waals surface area contributed by atoms with Crippen LogP contribution in [0.2, 0.25) is 0 Å². The molecule has 5 nitrogen and oxygen atoms in total. The van der Waals surface area contributed by atoms with E-state index in [2.05, 4.69) is 0 Å². The van der Waals surface area contributed by atoms with E-state index in [0.29, 0.717) is 6.42 Å². The maximum atomic E-state index is 9.27. The van der Waals surface area contributed by atoms with Gasteiger partial charge in [-0.2, -0.15) is 0 Å². The molecule has 0 aromatic carbocycles. The standard InChI is InChI=1S/C7H14O5/c1-11-6-4(2-3-8)12-7(10)5(6)9/h4-10H,2-3H2,1H3/t4-,5-,6+,7-/m1/s1. The van der Waals surface area contributed by atoms with Crippen LogP contribution in [0.25, 0.3) is 0 Å². The molecule has 1 aliphatic heterocycles. The van der Waals surface area contributed by atoms with Gasteiger partial charge >= 0.3 is 0 Å². The van der Waals surface area contributed by atoms with Gasteiger partial charge in [0.25, 0.3) is 0 Å². The second kappa shape index (κ2) is 4.15. The predicted molar refractivity (Wildman–Crippen MR) is 39.4 cm³/mol. The second-order valence-corrected chi connectivity index (χ2v) is 2.77. The highest BCUT2D eigenvalue weighted by Gasteiger charge is 2.42. The molecular weight excluding hydrogens is 164 g/mol. The number of aliphatic hydroxyl groups is 3. The Hall–Kier alpha value is -0.200. The Labute approximate surface area is 70.5 Å². The molecule has 12 heavy (non-hydrogen) atoms. The van der Waals surface area contributed by atoms with Crippen molar-refractivity contribution in [2.45, 2.75) is 31.0 Å². The third-order valence-electron chi connectivity index (χ3n) is 2.00. The van der Waals surface area contributed by atoms with Crippen LogP contribution in [0.4, 0.5) is 0 Å². The maximum Gasteiger partial charge on any atom is 0.183 e. The third kappa shape index (κ3) is 1.75. The number of rotatable bonds is 3. The normalized spacial score (nSPS) is 42.0. The lowest BCUT2D eigenvalue weighted by molar-refractivity contribution is -0.129. The van der Waals surface area contributed by atoms with Gasteiger partial charge in [-0.1, -0.05) is 0 Å². The molecule has 0 aromatic rings. The maximum absolute atomic E-state index is 9.27. The van der Waals surface area contributed by atoms with Crippen molar-refractivity contribution in [1.29, 1.82) is 0 Å². The molecule has 1 rings (SSSR count). The molecule has 0 aliphatic carbocycles. The zero-order valence-electron chi connectivity index (χ0n) is 6.88. The molecule has 0 bridgehead atoms. The molecule has 0 unspecified atom stereocenters. The van der Waals surface area contributed by atoms with Crippen molar-refractivity contribution in [3.8, 4) is 0 Å². The van der Waals surface area contributed by atoms with E-state index in [9.17, 15) is 5.11 Å². The monoisotopic (exact) mass is 178 g/mol. The van der Waals surface area contributed by atoms with Crippen molar-refractivity contribution in [3.05, 3.63) is 0 Å². The number of hydrogen-bond acceptors (Lipinski definition) is 5. The van der Waals surface area contributed by atoms with Gasteiger partial charge in [0.15, 0.2) is 6.29 Å². The van der Waals surface area contributed by atoms with Crippen LogP contribution >= 0.6 is 0 Å². The summed E-state index contributed by atoms with van der Waals surface area (Å²) in [4.78, 5) is 0. The van der Waals surface area contributed by atoms with Crippen molar-refractivity contribution in [1.82, 2.24) is 0 Å². The topological polar surface area (TPSA) is 79.2 Å². The van der Waals surface area contributed by atoms with Crippen molar-refractivity contribution >= 4 is 0 Å². The molecule has 5 heteroatoms. The Morgan fingerprint density at radius 1 is 1.42 bits per heavy atom. The molecule has 0 spiro atoms. The molecule has 0 radical (unpaired) electrons. The quantitative estimate of drug-likeness (QED) is 0.488. The summed E-state index contributed by atoms with van der Waals surface area (Å²) in [6.45, 7) is -0.0516. The first-order chi connectivity index (χ1) is 5.70. The first-order valence-corrected chi connectivity index (χ1v) is 3.86. The Morgan fingerprint density at radius 2 is 2.08 bits per heavy atom. The summed E-state index contributed by atoms with van der Waals surface area (Å²) in [7, 11) is 1.43. The van der Waals surface area contributed by atoms with Crippen molar-refractivity contribution in [2.75, 3.05) is 13.7 Å². The largest absolute Gasteiger partial charge is 0.396 e.